The molecular weight excluding hydrogens is 556 g/mol. The van der Waals surface area contributed by atoms with E-state index in [2.05, 4.69) is 15.6 Å². The minimum absolute atomic E-state index is 0.00888. The highest BCUT2D eigenvalue weighted by Gasteiger charge is 2.28. The van der Waals surface area contributed by atoms with Gasteiger partial charge in [0.1, 0.15) is 5.84 Å². The van der Waals surface area contributed by atoms with Crippen molar-refractivity contribution in [2.75, 3.05) is 10.6 Å². The van der Waals surface area contributed by atoms with Gasteiger partial charge < -0.3 is 15.7 Å². The first-order valence-electron chi connectivity index (χ1n) is 14.5. The molecule has 0 unspecified atom stereocenters. The maximum atomic E-state index is 14.0. The Morgan fingerprint density at radius 2 is 1.25 bits per heavy atom. The highest BCUT2D eigenvalue weighted by Crippen LogP contribution is 2.35. The lowest BCUT2D eigenvalue weighted by Gasteiger charge is -2.20. The number of carboxylic acids is 1. The van der Waals surface area contributed by atoms with E-state index in [1.165, 1.54) is 18.2 Å². The zero-order valence-electron chi connectivity index (χ0n) is 25.5. The molecule has 5 N–H and O–H groups in total. The van der Waals surface area contributed by atoms with Crippen LogP contribution in [0.2, 0.25) is 0 Å². The normalized spacial score (nSPS) is 11.2. The zero-order chi connectivity index (χ0) is 32.0. The van der Waals surface area contributed by atoms with Crippen molar-refractivity contribution in [3.63, 3.8) is 0 Å². The molecule has 2 aromatic heterocycles. The van der Waals surface area contributed by atoms with E-state index in [-0.39, 0.29) is 44.1 Å². The van der Waals surface area contributed by atoms with Gasteiger partial charge in [0.05, 0.1) is 5.56 Å². The number of aromatic carboxylic acids is 1. The highest BCUT2D eigenvalue weighted by molar-refractivity contribution is 6.30. The van der Waals surface area contributed by atoms with Crippen LogP contribution >= 0.6 is 0 Å². The molecule has 44 heavy (non-hydrogen) atoms. The van der Waals surface area contributed by atoms with E-state index in [1.54, 1.807) is 0 Å². The van der Waals surface area contributed by atoms with Crippen LogP contribution in [-0.2, 0) is 12.8 Å². The molecular formula is C35H34N4O5. The Hall–Kier alpha value is -5.31. The Bertz CT molecular complexity index is 2150. The number of carbonyl (C=O) groups is 2. The number of H-pyrrole nitrogens is 1. The molecule has 0 saturated carbocycles. The van der Waals surface area contributed by atoms with Crippen LogP contribution in [0.15, 0.2) is 52.1 Å². The maximum Gasteiger partial charge on any atom is 0.336 e. The summed E-state index contributed by atoms with van der Waals surface area (Å²) in [5, 5.41) is 25.8. The molecule has 6 aromatic rings. The van der Waals surface area contributed by atoms with Crippen LogP contribution < -0.4 is 21.8 Å². The van der Waals surface area contributed by atoms with Crippen LogP contribution in [0.5, 0.6) is 0 Å². The van der Waals surface area contributed by atoms with Gasteiger partial charge in [-0.05, 0) is 81.0 Å². The number of hydrogen-bond donors (Lipinski definition) is 5. The Balaban J connectivity index is 1.82. The summed E-state index contributed by atoms with van der Waals surface area (Å²) in [5.41, 5.74) is 4.89. The van der Waals surface area contributed by atoms with Gasteiger partial charge in [-0.2, -0.15) is 0 Å². The molecule has 2 heterocycles. The van der Waals surface area contributed by atoms with E-state index >= 15 is 0 Å². The molecule has 0 saturated heterocycles. The van der Waals surface area contributed by atoms with Crippen LogP contribution in [0.3, 0.4) is 0 Å². The van der Waals surface area contributed by atoms with Crippen molar-refractivity contribution in [2.45, 2.75) is 54.4 Å². The van der Waals surface area contributed by atoms with Gasteiger partial charge in [-0.3, -0.25) is 24.8 Å². The van der Waals surface area contributed by atoms with Crippen molar-refractivity contribution in [1.29, 1.82) is 5.41 Å². The lowest BCUT2D eigenvalue weighted by Crippen LogP contribution is -2.22. The van der Waals surface area contributed by atoms with Crippen LogP contribution in [0.1, 0.15) is 73.5 Å². The first kappa shape index (κ1) is 30.2. The summed E-state index contributed by atoms with van der Waals surface area (Å²) < 4.78 is 0. The topological polar surface area (TPSA) is 152 Å². The lowest BCUT2D eigenvalue weighted by atomic mass is 9.89. The van der Waals surface area contributed by atoms with Gasteiger partial charge in [0.15, 0.2) is 0 Å². The van der Waals surface area contributed by atoms with Crippen molar-refractivity contribution in [2.24, 2.45) is 0 Å². The fraction of sp³-hybridized carbons (Fsp3) is 0.229. The van der Waals surface area contributed by atoms with Crippen molar-refractivity contribution in [1.82, 2.24) is 4.98 Å². The third-order valence-corrected chi connectivity index (χ3v) is 8.10. The Morgan fingerprint density at radius 3 is 1.75 bits per heavy atom. The minimum atomic E-state index is -1.39. The monoisotopic (exact) mass is 590 g/mol. The van der Waals surface area contributed by atoms with Crippen molar-refractivity contribution in [3.8, 4) is 0 Å². The van der Waals surface area contributed by atoms with Crippen LogP contribution in [-0.4, -0.2) is 27.8 Å². The highest BCUT2D eigenvalue weighted by atomic mass is 16.4. The molecule has 2 bridgehead atoms. The van der Waals surface area contributed by atoms with E-state index in [1.807, 2.05) is 65.8 Å². The molecule has 0 fully saturated rings. The number of amides is 1. The van der Waals surface area contributed by atoms with Crippen molar-refractivity contribution >= 4 is 50.6 Å². The van der Waals surface area contributed by atoms with Gasteiger partial charge in [-0.1, -0.05) is 49.2 Å². The number of aryl methyl sites for hydroxylation is 6. The number of anilines is 2. The van der Waals surface area contributed by atoms with Crippen molar-refractivity contribution < 1.29 is 14.7 Å². The predicted octanol–water partition coefficient (Wildman–Crippen LogP) is 6.23. The van der Waals surface area contributed by atoms with E-state index in [4.69, 9.17) is 5.41 Å². The first-order chi connectivity index (χ1) is 20.9. The summed E-state index contributed by atoms with van der Waals surface area (Å²) in [6.07, 6.45) is 1.31. The molecule has 6 rings (SSSR count). The van der Waals surface area contributed by atoms with Crippen molar-refractivity contribution in [3.05, 3.63) is 113 Å². The molecule has 4 aromatic carbocycles. The number of amidine groups is 1. The SMILES string of the molecule is CCc1cc(C)cc(C)c1NC(=N)c1c(C(=O)O)cc(C(=O)Nc2c(C)cc(C)cc2CC)c2c3ccc(c(=O)[nH]c3=O)c12. The van der Waals surface area contributed by atoms with E-state index in [0.29, 0.717) is 24.2 Å². The second-order valence-electron chi connectivity index (χ2n) is 11.2. The molecule has 0 atom stereocenters. The average molecular weight is 591 g/mol. The molecule has 0 aliphatic rings. The Labute approximate surface area is 253 Å². The number of rotatable bonds is 7. The van der Waals surface area contributed by atoms with Crippen LogP contribution in [0, 0.1) is 33.1 Å². The quantitative estimate of drug-likeness (QED) is 0.112. The number of hydrogen-bond acceptors (Lipinski definition) is 5. The Kier molecular flexibility index (Phi) is 7.82. The third kappa shape index (κ3) is 5.10. The average Bonchev–Trinajstić information content (AvgIpc) is 3.17. The van der Waals surface area contributed by atoms with Gasteiger partial charge in [-0.15, -0.1) is 0 Å². The fourth-order valence-electron chi connectivity index (χ4n) is 6.18. The third-order valence-electron chi connectivity index (χ3n) is 8.10. The largest absolute Gasteiger partial charge is 0.478 e. The number of carbonyl (C=O) groups excluding carboxylic acids is 1. The number of aromatic amines is 1. The summed E-state index contributed by atoms with van der Waals surface area (Å²) in [4.78, 5) is 55.5. The number of aromatic nitrogens is 1. The number of carboxylic acid groups (broad SMARTS) is 1. The van der Waals surface area contributed by atoms with Gasteiger partial charge >= 0.3 is 5.97 Å². The lowest BCUT2D eigenvalue weighted by molar-refractivity contribution is 0.0697. The molecule has 0 spiro atoms. The minimum Gasteiger partial charge on any atom is -0.478 e. The van der Waals surface area contributed by atoms with Crippen LogP contribution in [0.4, 0.5) is 11.4 Å². The zero-order valence-corrected chi connectivity index (χ0v) is 25.5. The van der Waals surface area contributed by atoms with Gasteiger partial charge in [-0.25, -0.2) is 4.79 Å². The summed E-state index contributed by atoms with van der Waals surface area (Å²) in [6.45, 7) is 11.7. The molecule has 1 amide bonds. The number of nitrogens with one attached hydrogen (secondary N) is 4. The molecule has 9 heteroatoms. The second kappa shape index (κ2) is 11.4. The molecule has 9 nitrogen and oxygen atoms in total. The molecule has 0 aliphatic heterocycles. The van der Waals surface area contributed by atoms with Gasteiger partial charge in [0, 0.05) is 44.0 Å². The van der Waals surface area contributed by atoms with E-state index in [0.717, 1.165) is 33.4 Å². The molecule has 0 radical (unpaired) electrons. The van der Waals surface area contributed by atoms with E-state index < -0.39 is 23.0 Å². The van der Waals surface area contributed by atoms with E-state index in [9.17, 15) is 24.3 Å². The fourth-order valence-corrected chi connectivity index (χ4v) is 6.18. The number of fused-ring (bicyclic) bond motifs is 3. The standard InChI is InChI=1S/C35H34N4O5/c1-7-20-13-16(3)11-18(5)29(20)37-31(36)28-25(35(43)44)15-24(26-22-9-10-23(27(26)28)33(41)39-32(22)40)34(42)38-30-19(6)12-17(4)14-21(30)8-2/h9-15H,7-8H2,1-6H3,(H2,36,37)(H,38,42)(H,43,44)(H,39,40,41). The molecule has 224 valence electrons. The number of benzene rings is 4. The second-order valence-corrected chi connectivity index (χ2v) is 11.2. The predicted molar refractivity (Wildman–Crippen MR) is 175 cm³/mol. The summed E-state index contributed by atoms with van der Waals surface area (Å²) in [5.74, 6) is -2.29. The van der Waals surface area contributed by atoms with Gasteiger partial charge in [0.25, 0.3) is 17.0 Å². The first-order valence-corrected chi connectivity index (χ1v) is 14.5. The molecule has 0 aliphatic carbocycles. The Morgan fingerprint density at radius 1 is 0.750 bits per heavy atom. The van der Waals surface area contributed by atoms with Gasteiger partial charge in [0.2, 0.25) is 0 Å². The summed E-state index contributed by atoms with van der Waals surface area (Å²) >= 11 is 0. The maximum absolute atomic E-state index is 14.0. The summed E-state index contributed by atoms with van der Waals surface area (Å²) in [6, 6.07) is 11.9. The summed E-state index contributed by atoms with van der Waals surface area (Å²) in [7, 11) is 0. The smallest absolute Gasteiger partial charge is 0.336 e. The van der Waals surface area contributed by atoms with Crippen LogP contribution in [0.25, 0.3) is 21.5 Å².